The number of hydrogen-bond acceptors (Lipinski definition) is 4. The average molecular weight is 326 g/mol. The van der Waals surface area contributed by atoms with Crippen molar-refractivity contribution in [1.29, 1.82) is 0 Å². The van der Waals surface area contributed by atoms with Crippen LogP contribution in [0.15, 0.2) is 18.2 Å². The molecule has 0 amide bonds. The second-order valence-electron chi connectivity index (χ2n) is 5.97. The number of benzene rings is 1. The number of Topliss-reactive ketones (excluding diaryl/α,β-unsaturated/α-hetero) is 1. The Morgan fingerprint density at radius 1 is 1.36 bits per heavy atom. The summed E-state index contributed by atoms with van der Waals surface area (Å²) in [6, 6.07) is 5.25. The zero-order chi connectivity index (χ0) is 15.9. The summed E-state index contributed by atoms with van der Waals surface area (Å²) >= 11 is 6.04. The van der Waals surface area contributed by atoms with Gasteiger partial charge in [-0.05, 0) is 24.1 Å². The van der Waals surface area contributed by atoms with Gasteiger partial charge in [0.25, 0.3) is 0 Å². The molecule has 2 rings (SSSR count). The Hall–Kier alpha value is -1.10. The molecule has 0 spiro atoms. The van der Waals surface area contributed by atoms with Gasteiger partial charge in [0.05, 0.1) is 25.4 Å². The van der Waals surface area contributed by atoms with E-state index in [1.807, 2.05) is 0 Å². The summed E-state index contributed by atoms with van der Waals surface area (Å²) in [6.07, 6.45) is 0.471. The van der Waals surface area contributed by atoms with Gasteiger partial charge in [-0.25, -0.2) is 0 Å². The molecule has 0 N–H and O–H groups in total. The summed E-state index contributed by atoms with van der Waals surface area (Å²) in [7, 11) is 0. The first-order chi connectivity index (χ1) is 10.6. The van der Waals surface area contributed by atoms with Crippen molar-refractivity contribution in [3.8, 4) is 5.75 Å². The lowest BCUT2D eigenvalue weighted by Gasteiger charge is -2.26. The first kappa shape index (κ1) is 17.3. The van der Waals surface area contributed by atoms with Crippen molar-refractivity contribution in [3.63, 3.8) is 0 Å². The van der Waals surface area contributed by atoms with Crippen LogP contribution < -0.4 is 4.74 Å². The van der Waals surface area contributed by atoms with E-state index >= 15 is 0 Å². The highest BCUT2D eigenvalue weighted by Crippen LogP contribution is 2.25. The zero-order valence-electron chi connectivity index (χ0n) is 13.3. The summed E-state index contributed by atoms with van der Waals surface area (Å²) in [5, 5.41) is 0.562. The second kappa shape index (κ2) is 8.51. The molecule has 1 aliphatic rings. The van der Waals surface area contributed by atoms with E-state index in [0.717, 1.165) is 32.8 Å². The van der Waals surface area contributed by atoms with E-state index in [0.29, 0.717) is 35.3 Å². The van der Waals surface area contributed by atoms with E-state index in [2.05, 4.69) is 18.7 Å². The van der Waals surface area contributed by atoms with E-state index in [4.69, 9.17) is 21.1 Å². The quantitative estimate of drug-likeness (QED) is 0.721. The van der Waals surface area contributed by atoms with Crippen molar-refractivity contribution in [3.05, 3.63) is 28.8 Å². The van der Waals surface area contributed by atoms with Crippen LogP contribution in [-0.2, 0) is 4.74 Å². The van der Waals surface area contributed by atoms with Gasteiger partial charge in [0.1, 0.15) is 5.75 Å². The van der Waals surface area contributed by atoms with Gasteiger partial charge < -0.3 is 9.47 Å². The molecule has 5 heteroatoms. The van der Waals surface area contributed by atoms with Gasteiger partial charge in [-0.3, -0.25) is 9.69 Å². The molecule has 1 fully saturated rings. The van der Waals surface area contributed by atoms with Crippen LogP contribution in [0.1, 0.15) is 30.6 Å². The van der Waals surface area contributed by atoms with Crippen LogP contribution >= 0.6 is 11.6 Å². The number of morpholine rings is 1. The predicted octanol–water partition coefficient (Wildman–Crippen LogP) is 3.28. The average Bonchev–Trinajstić information content (AvgIpc) is 2.52. The van der Waals surface area contributed by atoms with Crippen LogP contribution in [0.5, 0.6) is 5.75 Å². The van der Waals surface area contributed by atoms with Crippen LogP contribution in [-0.4, -0.2) is 50.1 Å². The molecule has 22 heavy (non-hydrogen) atoms. The van der Waals surface area contributed by atoms with E-state index in [-0.39, 0.29) is 5.78 Å². The molecule has 4 nitrogen and oxygen atoms in total. The Labute approximate surface area is 137 Å². The highest BCUT2D eigenvalue weighted by atomic mass is 35.5. The van der Waals surface area contributed by atoms with E-state index < -0.39 is 0 Å². The molecule has 1 aromatic carbocycles. The molecule has 1 saturated heterocycles. The number of carbonyl (C=O) groups excluding carboxylic acids is 1. The molecule has 0 bridgehead atoms. The summed E-state index contributed by atoms with van der Waals surface area (Å²) in [5.41, 5.74) is 0.585. The van der Waals surface area contributed by atoms with Crippen molar-refractivity contribution in [2.24, 2.45) is 5.92 Å². The van der Waals surface area contributed by atoms with Crippen molar-refractivity contribution in [2.45, 2.75) is 20.3 Å². The molecule has 0 saturated carbocycles. The summed E-state index contributed by atoms with van der Waals surface area (Å²) in [5.74, 6) is 1.12. The first-order valence-corrected chi connectivity index (χ1v) is 8.19. The molecule has 0 aliphatic carbocycles. The van der Waals surface area contributed by atoms with Gasteiger partial charge in [-0.2, -0.15) is 0 Å². The normalized spacial score (nSPS) is 16.0. The molecule has 0 radical (unpaired) electrons. The number of carbonyl (C=O) groups is 1. The zero-order valence-corrected chi connectivity index (χ0v) is 14.1. The van der Waals surface area contributed by atoms with Crippen molar-refractivity contribution in [2.75, 3.05) is 39.5 Å². The molecule has 1 aliphatic heterocycles. The third kappa shape index (κ3) is 5.27. The van der Waals surface area contributed by atoms with Gasteiger partial charge in [0.2, 0.25) is 0 Å². The molecule has 122 valence electrons. The lowest BCUT2D eigenvalue weighted by molar-refractivity contribution is 0.0370. The minimum Gasteiger partial charge on any atom is -0.493 e. The second-order valence-corrected chi connectivity index (χ2v) is 6.41. The lowest BCUT2D eigenvalue weighted by Crippen LogP contribution is -2.37. The number of nitrogens with zero attached hydrogens (tertiary/aromatic N) is 1. The highest BCUT2D eigenvalue weighted by Gasteiger charge is 2.17. The standard InChI is InChI=1S/C17H24ClNO3/c1-13(2)12-22-17-4-3-14(18)11-15(17)16(20)5-6-19-7-9-21-10-8-19/h3-4,11,13H,5-10,12H2,1-2H3. The number of halogens is 1. The van der Waals surface area contributed by atoms with Crippen molar-refractivity contribution >= 4 is 17.4 Å². The Morgan fingerprint density at radius 2 is 2.09 bits per heavy atom. The Balaban J connectivity index is 1.98. The SMILES string of the molecule is CC(C)COc1ccc(Cl)cc1C(=O)CCN1CCOCC1. The van der Waals surface area contributed by atoms with Crippen LogP contribution in [0, 0.1) is 5.92 Å². The maximum absolute atomic E-state index is 12.5. The molecular formula is C17H24ClNO3. The van der Waals surface area contributed by atoms with Crippen LogP contribution in [0.25, 0.3) is 0 Å². The maximum Gasteiger partial charge on any atom is 0.167 e. The number of ketones is 1. The molecule has 1 heterocycles. The first-order valence-electron chi connectivity index (χ1n) is 7.82. The predicted molar refractivity (Wildman–Crippen MR) is 88.0 cm³/mol. The van der Waals surface area contributed by atoms with Gasteiger partial charge in [-0.1, -0.05) is 25.4 Å². The van der Waals surface area contributed by atoms with Gasteiger partial charge in [0, 0.05) is 31.1 Å². The van der Waals surface area contributed by atoms with Crippen LogP contribution in [0.3, 0.4) is 0 Å². The van der Waals surface area contributed by atoms with E-state index in [9.17, 15) is 4.79 Å². The number of hydrogen-bond donors (Lipinski definition) is 0. The fraction of sp³-hybridized carbons (Fsp3) is 0.588. The summed E-state index contributed by atoms with van der Waals surface area (Å²) in [4.78, 5) is 14.8. The number of ether oxygens (including phenoxy) is 2. The number of rotatable bonds is 7. The molecular weight excluding hydrogens is 302 g/mol. The third-order valence-electron chi connectivity index (χ3n) is 3.57. The van der Waals surface area contributed by atoms with Crippen LogP contribution in [0.4, 0.5) is 0 Å². The summed E-state index contributed by atoms with van der Waals surface area (Å²) in [6.45, 7) is 8.76. The lowest BCUT2D eigenvalue weighted by atomic mass is 10.1. The van der Waals surface area contributed by atoms with Crippen LogP contribution in [0.2, 0.25) is 5.02 Å². The van der Waals surface area contributed by atoms with Gasteiger partial charge >= 0.3 is 0 Å². The molecule has 0 unspecified atom stereocenters. The Kier molecular flexibility index (Phi) is 6.68. The third-order valence-corrected chi connectivity index (χ3v) is 3.81. The maximum atomic E-state index is 12.5. The van der Waals surface area contributed by atoms with Gasteiger partial charge in [0.15, 0.2) is 5.78 Å². The minimum atomic E-state index is 0.0766. The monoisotopic (exact) mass is 325 g/mol. The van der Waals surface area contributed by atoms with Crippen molar-refractivity contribution < 1.29 is 14.3 Å². The van der Waals surface area contributed by atoms with Gasteiger partial charge in [-0.15, -0.1) is 0 Å². The Morgan fingerprint density at radius 3 is 2.77 bits per heavy atom. The summed E-state index contributed by atoms with van der Waals surface area (Å²) < 4.78 is 11.1. The topological polar surface area (TPSA) is 38.8 Å². The largest absolute Gasteiger partial charge is 0.493 e. The fourth-order valence-electron chi connectivity index (χ4n) is 2.32. The van der Waals surface area contributed by atoms with E-state index in [1.54, 1.807) is 18.2 Å². The molecule has 0 aromatic heterocycles. The highest BCUT2D eigenvalue weighted by molar-refractivity contribution is 6.31. The Bertz CT molecular complexity index is 499. The molecule has 0 atom stereocenters. The van der Waals surface area contributed by atoms with E-state index in [1.165, 1.54) is 0 Å². The molecule has 1 aromatic rings. The van der Waals surface area contributed by atoms with Crippen molar-refractivity contribution in [1.82, 2.24) is 4.90 Å². The smallest absolute Gasteiger partial charge is 0.167 e. The minimum absolute atomic E-state index is 0.0766. The fourth-order valence-corrected chi connectivity index (χ4v) is 2.49.